The number of amides is 1. The molecule has 29 heavy (non-hydrogen) atoms. The molecule has 6 nitrogen and oxygen atoms in total. The van der Waals surface area contributed by atoms with E-state index in [2.05, 4.69) is 34.6 Å². The van der Waals surface area contributed by atoms with Gasteiger partial charge in [-0.05, 0) is 51.3 Å². The lowest BCUT2D eigenvalue weighted by Gasteiger charge is -2.27. The van der Waals surface area contributed by atoms with E-state index in [-0.39, 0.29) is 5.91 Å². The van der Waals surface area contributed by atoms with Crippen molar-refractivity contribution in [2.24, 2.45) is 5.73 Å². The fraction of sp³-hybridized carbons (Fsp3) is 0.565. The van der Waals surface area contributed by atoms with Crippen LogP contribution in [0.15, 0.2) is 24.3 Å². The Morgan fingerprint density at radius 2 is 1.97 bits per heavy atom. The molecular formula is C23H33N5O. The van der Waals surface area contributed by atoms with Gasteiger partial charge in [0.1, 0.15) is 5.82 Å². The van der Waals surface area contributed by atoms with Crippen molar-refractivity contribution in [1.82, 2.24) is 15.6 Å². The van der Waals surface area contributed by atoms with Gasteiger partial charge in [0.15, 0.2) is 0 Å². The van der Waals surface area contributed by atoms with Gasteiger partial charge in [-0.1, -0.05) is 30.9 Å². The van der Waals surface area contributed by atoms with Crippen LogP contribution in [0.25, 0.3) is 10.9 Å². The Morgan fingerprint density at radius 1 is 1.17 bits per heavy atom. The van der Waals surface area contributed by atoms with Gasteiger partial charge in [-0.2, -0.15) is 0 Å². The van der Waals surface area contributed by atoms with Crippen molar-refractivity contribution in [2.75, 3.05) is 18.0 Å². The summed E-state index contributed by atoms with van der Waals surface area (Å²) >= 11 is 0. The van der Waals surface area contributed by atoms with Gasteiger partial charge in [0, 0.05) is 30.6 Å². The normalized spacial score (nSPS) is 21.5. The van der Waals surface area contributed by atoms with Crippen LogP contribution < -0.4 is 21.3 Å². The van der Waals surface area contributed by atoms with Gasteiger partial charge in [0.05, 0.1) is 17.2 Å². The second kappa shape index (κ2) is 8.67. The number of benzene rings is 1. The molecule has 2 aromatic rings. The molecule has 1 amide bonds. The highest BCUT2D eigenvalue weighted by atomic mass is 16.1. The van der Waals surface area contributed by atoms with Crippen molar-refractivity contribution < 1.29 is 4.79 Å². The number of carbonyl (C=O) groups is 1. The third kappa shape index (κ3) is 4.70. The molecular weight excluding hydrogens is 362 g/mol. The number of nitrogens with zero attached hydrogens (tertiary/aromatic N) is 2. The lowest BCUT2D eigenvalue weighted by atomic mass is 9.95. The second-order valence-corrected chi connectivity index (χ2v) is 8.75. The van der Waals surface area contributed by atoms with Crippen LogP contribution in [0.1, 0.15) is 61.4 Å². The summed E-state index contributed by atoms with van der Waals surface area (Å²) in [6, 6.07) is 9.24. The maximum Gasteiger partial charge on any atom is 0.256 e. The fourth-order valence-corrected chi connectivity index (χ4v) is 4.67. The fourth-order valence-electron chi connectivity index (χ4n) is 4.67. The van der Waals surface area contributed by atoms with Crippen molar-refractivity contribution in [2.45, 2.75) is 70.6 Å². The summed E-state index contributed by atoms with van der Waals surface area (Å²) in [4.78, 5) is 20.1. The molecule has 0 bridgehead atoms. The van der Waals surface area contributed by atoms with Crippen LogP contribution in [-0.2, 0) is 0 Å². The topological polar surface area (TPSA) is 83.3 Å². The molecule has 1 aliphatic carbocycles. The van der Waals surface area contributed by atoms with Crippen molar-refractivity contribution in [3.05, 3.63) is 35.4 Å². The van der Waals surface area contributed by atoms with Crippen LogP contribution in [0, 0.1) is 6.92 Å². The number of fused-ring (bicyclic) bond motifs is 1. The maximum atomic E-state index is 12.9. The predicted octanol–water partition coefficient (Wildman–Crippen LogP) is 3.08. The molecule has 0 spiro atoms. The Hall–Kier alpha value is -2.18. The number of anilines is 1. The van der Waals surface area contributed by atoms with Gasteiger partial charge in [0.25, 0.3) is 5.91 Å². The summed E-state index contributed by atoms with van der Waals surface area (Å²) in [7, 11) is 0. The highest BCUT2D eigenvalue weighted by molar-refractivity contribution is 6.02. The van der Waals surface area contributed by atoms with Crippen LogP contribution in [0.5, 0.6) is 0 Å². The lowest BCUT2D eigenvalue weighted by molar-refractivity contribution is 0.0941. The zero-order valence-corrected chi connectivity index (χ0v) is 17.6. The second-order valence-electron chi connectivity index (χ2n) is 8.75. The molecule has 156 valence electrons. The first-order valence-corrected chi connectivity index (χ1v) is 11.0. The molecule has 6 heteroatoms. The molecule has 4 rings (SSSR count). The first kappa shape index (κ1) is 20.1. The molecule has 2 atom stereocenters. The zero-order valence-electron chi connectivity index (χ0n) is 17.6. The average Bonchev–Trinajstić information content (AvgIpc) is 3.15. The number of hydrogen-bond acceptors (Lipinski definition) is 5. The Morgan fingerprint density at radius 3 is 2.72 bits per heavy atom. The van der Waals surface area contributed by atoms with E-state index in [1.54, 1.807) is 6.92 Å². The third-order valence-corrected chi connectivity index (χ3v) is 6.12. The standard InChI is InChI=1S/C23H33N5O/c1-15-8-9-21-17(12-15)13-20(23(29)25-16(2)24)22(27-21)28-11-10-19(14-28)26-18-6-4-3-5-7-18/h8-9,12-13,16,18-19,26H,3-7,10-11,14,24H2,1-2H3,(H,25,29). The van der Waals surface area contributed by atoms with Gasteiger partial charge in [0.2, 0.25) is 0 Å². The number of nitrogens with two attached hydrogens (primary N) is 1. The van der Waals surface area contributed by atoms with Gasteiger partial charge >= 0.3 is 0 Å². The minimum Gasteiger partial charge on any atom is -0.354 e. The number of hydrogen-bond donors (Lipinski definition) is 3. The molecule has 1 aromatic heterocycles. The van der Waals surface area contributed by atoms with Crippen LogP contribution >= 0.6 is 0 Å². The zero-order chi connectivity index (χ0) is 20.4. The van der Waals surface area contributed by atoms with E-state index >= 15 is 0 Å². The SMILES string of the molecule is Cc1ccc2nc(N3CCC(NC4CCCCC4)C3)c(C(=O)NC(C)N)cc2c1. The number of aromatic nitrogens is 1. The van der Waals surface area contributed by atoms with Gasteiger partial charge in [-0.3, -0.25) is 4.79 Å². The monoisotopic (exact) mass is 395 g/mol. The first-order chi connectivity index (χ1) is 14.0. The predicted molar refractivity (Wildman–Crippen MR) is 118 cm³/mol. The molecule has 2 fully saturated rings. The van der Waals surface area contributed by atoms with E-state index in [4.69, 9.17) is 10.7 Å². The van der Waals surface area contributed by atoms with E-state index in [1.165, 1.54) is 32.1 Å². The molecule has 2 unspecified atom stereocenters. The number of nitrogens with one attached hydrogen (secondary N) is 2. The number of carbonyl (C=O) groups excluding carboxylic acids is 1. The van der Waals surface area contributed by atoms with Crippen molar-refractivity contribution in [3.8, 4) is 0 Å². The highest BCUT2D eigenvalue weighted by Crippen LogP contribution is 2.28. The third-order valence-electron chi connectivity index (χ3n) is 6.12. The molecule has 0 radical (unpaired) electrons. The minimum atomic E-state index is -0.400. The molecule has 2 aliphatic rings. The van der Waals surface area contributed by atoms with Gasteiger partial charge in [-0.25, -0.2) is 4.98 Å². The minimum absolute atomic E-state index is 0.158. The molecule has 1 aromatic carbocycles. The smallest absolute Gasteiger partial charge is 0.256 e. The Balaban J connectivity index is 1.59. The Kier molecular flexibility index (Phi) is 6.01. The van der Waals surface area contributed by atoms with E-state index in [0.29, 0.717) is 17.6 Å². The van der Waals surface area contributed by atoms with Crippen LogP contribution in [0.4, 0.5) is 5.82 Å². The van der Waals surface area contributed by atoms with Crippen LogP contribution in [0.3, 0.4) is 0 Å². The summed E-state index contributed by atoms with van der Waals surface area (Å²) in [5.41, 5.74) is 8.51. The molecule has 1 aliphatic heterocycles. The number of pyridine rings is 1. The first-order valence-electron chi connectivity index (χ1n) is 11.0. The highest BCUT2D eigenvalue weighted by Gasteiger charge is 2.29. The van der Waals surface area contributed by atoms with Gasteiger partial charge in [-0.15, -0.1) is 0 Å². The molecule has 1 saturated heterocycles. The van der Waals surface area contributed by atoms with Crippen LogP contribution in [-0.4, -0.2) is 42.2 Å². The molecule has 1 saturated carbocycles. The van der Waals surface area contributed by atoms with Crippen LogP contribution in [0.2, 0.25) is 0 Å². The summed E-state index contributed by atoms with van der Waals surface area (Å²) < 4.78 is 0. The number of rotatable bonds is 5. The lowest BCUT2D eigenvalue weighted by Crippen LogP contribution is -2.42. The maximum absolute atomic E-state index is 12.9. The quantitative estimate of drug-likeness (QED) is 0.678. The Labute approximate surface area is 173 Å². The van der Waals surface area contributed by atoms with E-state index < -0.39 is 6.17 Å². The van der Waals surface area contributed by atoms with Crippen molar-refractivity contribution >= 4 is 22.6 Å². The Bertz CT molecular complexity index is 875. The summed E-state index contributed by atoms with van der Waals surface area (Å²) in [6.07, 6.45) is 7.29. The van der Waals surface area contributed by atoms with E-state index in [1.807, 2.05) is 12.1 Å². The summed E-state index contributed by atoms with van der Waals surface area (Å²) in [5.74, 6) is 0.613. The average molecular weight is 396 g/mol. The molecule has 2 heterocycles. The van der Waals surface area contributed by atoms with Crippen molar-refractivity contribution in [1.29, 1.82) is 0 Å². The van der Waals surface area contributed by atoms with E-state index in [9.17, 15) is 4.79 Å². The van der Waals surface area contributed by atoms with Gasteiger partial charge < -0.3 is 21.3 Å². The van der Waals surface area contributed by atoms with Crippen molar-refractivity contribution in [3.63, 3.8) is 0 Å². The summed E-state index contributed by atoms with van der Waals surface area (Å²) in [6.45, 7) is 5.62. The number of aryl methyl sites for hydroxylation is 1. The summed E-state index contributed by atoms with van der Waals surface area (Å²) in [5, 5.41) is 7.67. The van der Waals surface area contributed by atoms with E-state index in [0.717, 1.165) is 41.8 Å². The largest absolute Gasteiger partial charge is 0.354 e. The molecule has 4 N–H and O–H groups in total.